The van der Waals surface area contributed by atoms with Gasteiger partial charge in [0.25, 0.3) is 0 Å². The standard InChI is InChI=1S/C15H22NO3S/c1-15(18,13-5-4-10-20-13)14(17)19-12-6-9-16(11-12)7-2-3-8-16/h4-5,10,12,18H,2-3,6-9,11H2,1H3/q+1. The number of ether oxygens (including phenoxy) is 1. The molecule has 0 saturated carbocycles. The fourth-order valence-corrected chi connectivity index (χ4v) is 4.24. The van der Waals surface area contributed by atoms with Gasteiger partial charge in [-0.25, -0.2) is 4.79 Å². The van der Waals surface area contributed by atoms with E-state index in [1.54, 1.807) is 6.07 Å². The molecule has 5 heteroatoms. The lowest BCUT2D eigenvalue weighted by Crippen LogP contribution is -2.44. The lowest BCUT2D eigenvalue weighted by Gasteiger charge is -2.29. The van der Waals surface area contributed by atoms with Crippen molar-refractivity contribution in [2.75, 3.05) is 26.2 Å². The molecule has 0 aromatic carbocycles. The highest BCUT2D eigenvalue weighted by atomic mass is 32.1. The van der Waals surface area contributed by atoms with Gasteiger partial charge in [-0.1, -0.05) is 6.07 Å². The summed E-state index contributed by atoms with van der Waals surface area (Å²) < 4.78 is 6.70. The second-order valence-electron chi connectivity index (χ2n) is 6.27. The van der Waals surface area contributed by atoms with E-state index in [0.29, 0.717) is 4.88 Å². The van der Waals surface area contributed by atoms with Gasteiger partial charge in [0.1, 0.15) is 6.54 Å². The summed E-state index contributed by atoms with van der Waals surface area (Å²) in [7, 11) is 0. The van der Waals surface area contributed by atoms with Crippen LogP contribution in [0.15, 0.2) is 17.5 Å². The molecule has 2 fully saturated rings. The van der Waals surface area contributed by atoms with Crippen LogP contribution in [0.3, 0.4) is 0 Å². The van der Waals surface area contributed by atoms with E-state index < -0.39 is 11.6 Å². The first kappa shape index (κ1) is 14.0. The van der Waals surface area contributed by atoms with E-state index in [4.69, 9.17) is 4.74 Å². The Morgan fingerprint density at radius 3 is 2.85 bits per heavy atom. The molecule has 110 valence electrons. The smallest absolute Gasteiger partial charge is 0.343 e. The SMILES string of the molecule is CC(O)(C(=O)OC1CC[N+]2(CCCC2)C1)c1cccs1. The van der Waals surface area contributed by atoms with Crippen LogP contribution in [-0.4, -0.2) is 47.8 Å². The lowest BCUT2D eigenvalue weighted by molar-refractivity contribution is -0.906. The molecule has 0 amide bonds. The van der Waals surface area contributed by atoms with Crippen LogP contribution in [0.4, 0.5) is 0 Å². The van der Waals surface area contributed by atoms with Crippen molar-refractivity contribution >= 4 is 17.3 Å². The number of hydrogen-bond acceptors (Lipinski definition) is 4. The molecule has 2 aliphatic heterocycles. The van der Waals surface area contributed by atoms with Crippen molar-refractivity contribution in [2.45, 2.75) is 37.9 Å². The molecule has 4 nitrogen and oxygen atoms in total. The summed E-state index contributed by atoms with van der Waals surface area (Å²) in [6, 6.07) is 3.61. The van der Waals surface area contributed by atoms with E-state index >= 15 is 0 Å². The quantitative estimate of drug-likeness (QED) is 0.684. The van der Waals surface area contributed by atoms with Gasteiger partial charge in [-0.3, -0.25) is 0 Å². The minimum Gasteiger partial charge on any atom is -0.454 e. The summed E-state index contributed by atoms with van der Waals surface area (Å²) in [4.78, 5) is 12.9. The van der Waals surface area contributed by atoms with Crippen LogP contribution in [0.1, 0.15) is 31.1 Å². The molecule has 1 aromatic heterocycles. The van der Waals surface area contributed by atoms with Gasteiger partial charge < -0.3 is 14.3 Å². The predicted molar refractivity (Wildman–Crippen MR) is 77.3 cm³/mol. The number of rotatable bonds is 3. The fourth-order valence-electron chi connectivity index (χ4n) is 3.46. The normalized spacial score (nSPS) is 27.6. The molecule has 2 aliphatic rings. The zero-order chi connectivity index (χ0) is 14.2. The number of carbonyl (C=O) groups excluding carboxylic acids is 1. The van der Waals surface area contributed by atoms with Crippen LogP contribution in [-0.2, 0) is 15.1 Å². The van der Waals surface area contributed by atoms with E-state index in [1.807, 2.05) is 11.4 Å². The number of thiophene rings is 1. The highest BCUT2D eigenvalue weighted by Crippen LogP contribution is 2.31. The van der Waals surface area contributed by atoms with Crippen LogP contribution in [0.2, 0.25) is 0 Å². The lowest BCUT2D eigenvalue weighted by atomic mass is 10.1. The van der Waals surface area contributed by atoms with Gasteiger partial charge in [0.05, 0.1) is 19.6 Å². The number of esters is 1. The summed E-state index contributed by atoms with van der Waals surface area (Å²) in [5.74, 6) is -0.510. The van der Waals surface area contributed by atoms with Crippen molar-refractivity contribution in [1.82, 2.24) is 0 Å². The van der Waals surface area contributed by atoms with Crippen LogP contribution in [0.25, 0.3) is 0 Å². The fraction of sp³-hybridized carbons (Fsp3) is 0.667. The van der Waals surface area contributed by atoms with Crippen molar-refractivity contribution in [3.8, 4) is 0 Å². The van der Waals surface area contributed by atoms with Gasteiger partial charge in [-0.15, -0.1) is 11.3 Å². The Kier molecular flexibility index (Phi) is 3.60. The minimum absolute atomic E-state index is 0.0352. The maximum Gasteiger partial charge on any atom is 0.343 e. The van der Waals surface area contributed by atoms with E-state index in [2.05, 4.69) is 0 Å². The number of aliphatic hydroxyl groups is 1. The van der Waals surface area contributed by atoms with Crippen molar-refractivity contribution in [1.29, 1.82) is 0 Å². The molecular weight excluding hydrogens is 274 g/mol. The Labute approximate surface area is 123 Å². The Bertz CT molecular complexity index is 477. The predicted octanol–water partition coefficient (Wildman–Crippen LogP) is 1.88. The van der Waals surface area contributed by atoms with Crippen LogP contribution in [0, 0.1) is 0 Å². The van der Waals surface area contributed by atoms with Crippen LogP contribution >= 0.6 is 11.3 Å². The maximum atomic E-state index is 12.2. The molecule has 0 aliphatic carbocycles. The summed E-state index contributed by atoms with van der Waals surface area (Å²) in [5, 5.41) is 12.2. The summed E-state index contributed by atoms with van der Waals surface area (Å²) >= 11 is 1.38. The highest BCUT2D eigenvalue weighted by molar-refractivity contribution is 7.10. The first-order valence-electron chi connectivity index (χ1n) is 7.34. The molecule has 0 radical (unpaired) electrons. The average Bonchev–Trinajstić information content (AvgIpc) is 3.14. The van der Waals surface area contributed by atoms with Gasteiger partial charge in [0.2, 0.25) is 0 Å². The number of quaternary nitrogens is 1. The molecule has 20 heavy (non-hydrogen) atoms. The molecule has 2 unspecified atom stereocenters. The number of carbonyl (C=O) groups is 1. The summed E-state index contributed by atoms with van der Waals surface area (Å²) in [6.45, 7) is 5.99. The van der Waals surface area contributed by atoms with Gasteiger partial charge in [0, 0.05) is 24.1 Å². The van der Waals surface area contributed by atoms with Gasteiger partial charge in [-0.2, -0.15) is 0 Å². The third-order valence-electron chi connectivity index (χ3n) is 4.70. The van der Waals surface area contributed by atoms with Crippen molar-refractivity contribution in [3.63, 3.8) is 0 Å². The van der Waals surface area contributed by atoms with E-state index in [0.717, 1.165) is 24.0 Å². The molecule has 3 heterocycles. The second-order valence-corrected chi connectivity index (χ2v) is 7.22. The Morgan fingerprint density at radius 2 is 2.20 bits per heavy atom. The summed E-state index contributed by atoms with van der Waals surface area (Å²) in [5.41, 5.74) is -1.52. The second kappa shape index (κ2) is 5.13. The molecule has 0 bridgehead atoms. The largest absolute Gasteiger partial charge is 0.454 e. The molecular formula is C15H22NO3S+. The topological polar surface area (TPSA) is 46.5 Å². The highest BCUT2D eigenvalue weighted by Gasteiger charge is 2.44. The van der Waals surface area contributed by atoms with E-state index in [9.17, 15) is 9.90 Å². The van der Waals surface area contributed by atoms with E-state index in [1.165, 1.54) is 44.2 Å². The zero-order valence-corrected chi connectivity index (χ0v) is 12.7. The molecule has 3 rings (SSSR count). The van der Waals surface area contributed by atoms with Crippen LogP contribution < -0.4 is 0 Å². The molecule has 1 spiro atoms. The first-order valence-corrected chi connectivity index (χ1v) is 8.22. The third-order valence-corrected chi connectivity index (χ3v) is 5.78. The van der Waals surface area contributed by atoms with Gasteiger partial charge >= 0.3 is 5.97 Å². The van der Waals surface area contributed by atoms with Crippen molar-refractivity contribution in [2.24, 2.45) is 0 Å². The first-order chi connectivity index (χ1) is 9.52. The zero-order valence-electron chi connectivity index (χ0n) is 11.9. The van der Waals surface area contributed by atoms with Gasteiger partial charge in [0.15, 0.2) is 11.7 Å². The molecule has 1 N–H and O–H groups in total. The molecule has 2 atom stereocenters. The average molecular weight is 296 g/mol. The van der Waals surface area contributed by atoms with E-state index in [-0.39, 0.29) is 6.10 Å². The monoisotopic (exact) mass is 296 g/mol. The Hall–Kier alpha value is -0.910. The number of hydrogen-bond donors (Lipinski definition) is 1. The molecule has 1 aromatic rings. The van der Waals surface area contributed by atoms with Gasteiger partial charge in [-0.05, 0) is 18.4 Å². The van der Waals surface area contributed by atoms with Crippen molar-refractivity contribution in [3.05, 3.63) is 22.4 Å². The summed E-state index contributed by atoms with van der Waals surface area (Å²) in [6.07, 6.45) is 3.46. The third kappa shape index (κ3) is 2.50. The maximum absolute atomic E-state index is 12.2. The van der Waals surface area contributed by atoms with Crippen LogP contribution in [0.5, 0.6) is 0 Å². The minimum atomic E-state index is -1.52. The van der Waals surface area contributed by atoms with Crippen molar-refractivity contribution < 1.29 is 19.1 Å². The molecule has 2 saturated heterocycles. The Balaban J connectivity index is 1.62. The Morgan fingerprint density at radius 1 is 1.45 bits per heavy atom. The number of nitrogens with zero attached hydrogens (tertiary/aromatic N) is 1.